The second-order valence-corrected chi connectivity index (χ2v) is 11.6. The van der Waals surface area contributed by atoms with Gasteiger partial charge in [0, 0.05) is 17.6 Å². The summed E-state index contributed by atoms with van der Waals surface area (Å²) in [6.45, 7) is 5.17. The van der Waals surface area contributed by atoms with Crippen molar-refractivity contribution in [2.45, 2.75) is 57.1 Å². The number of ether oxygens (including phenoxy) is 1. The molecule has 0 spiro atoms. The third-order valence-electron chi connectivity index (χ3n) is 6.66. The Morgan fingerprint density at radius 3 is 2.12 bits per heavy atom. The lowest BCUT2D eigenvalue weighted by molar-refractivity contribution is -0.140. The quantitative estimate of drug-likeness (QED) is 0.295. The highest BCUT2D eigenvalue weighted by Crippen LogP contribution is 2.27. The van der Waals surface area contributed by atoms with Crippen LogP contribution in [0.25, 0.3) is 0 Å². The lowest BCUT2D eigenvalue weighted by Gasteiger charge is -2.34. The SMILES string of the molecule is CC[C@@H](C)NC(=O)[C@H](CC)N(Cc1ccccc1Cl)C(=O)CN(c1ccc(OC)cc1)S(=O)(=O)c1ccccc1. The summed E-state index contributed by atoms with van der Waals surface area (Å²) < 4.78 is 34.0. The van der Waals surface area contributed by atoms with Gasteiger partial charge in [0.15, 0.2) is 0 Å². The number of carbonyl (C=O) groups excluding carboxylic acids is 2. The van der Waals surface area contributed by atoms with Crippen molar-refractivity contribution in [3.05, 3.63) is 89.4 Å². The number of hydrogen-bond acceptors (Lipinski definition) is 5. The second-order valence-electron chi connectivity index (χ2n) is 9.38. The molecule has 0 saturated carbocycles. The zero-order chi connectivity index (χ0) is 29.3. The minimum absolute atomic E-state index is 0.0345. The molecule has 1 N–H and O–H groups in total. The molecule has 0 aromatic heterocycles. The van der Waals surface area contributed by atoms with E-state index in [1.165, 1.54) is 24.1 Å². The van der Waals surface area contributed by atoms with Crippen LogP contribution in [-0.2, 0) is 26.2 Å². The van der Waals surface area contributed by atoms with Crippen LogP contribution in [0.2, 0.25) is 5.02 Å². The van der Waals surface area contributed by atoms with Crippen LogP contribution in [0.5, 0.6) is 5.75 Å². The highest BCUT2D eigenvalue weighted by molar-refractivity contribution is 7.92. The molecule has 0 bridgehead atoms. The first-order chi connectivity index (χ1) is 19.1. The Bertz CT molecular complexity index is 1380. The van der Waals surface area contributed by atoms with E-state index in [0.29, 0.717) is 22.8 Å². The Morgan fingerprint density at radius 1 is 0.925 bits per heavy atom. The average molecular weight is 586 g/mol. The Labute approximate surface area is 241 Å². The summed E-state index contributed by atoms with van der Waals surface area (Å²) in [5, 5.41) is 3.40. The van der Waals surface area contributed by atoms with Gasteiger partial charge in [0.25, 0.3) is 10.0 Å². The van der Waals surface area contributed by atoms with Crippen LogP contribution in [-0.4, -0.2) is 50.9 Å². The lowest BCUT2D eigenvalue weighted by atomic mass is 10.1. The van der Waals surface area contributed by atoms with Crippen LogP contribution in [0.4, 0.5) is 5.69 Å². The highest BCUT2D eigenvalue weighted by atomic mass is 35.5. The van der Waals surface area contributed by atoms with Crippen LogP contribution in [0.15, 0.2) is 83.8 Å². The molecule has 0 unspecified atom stereocenters. The van der Waals surface area contributed by atoms with Crippen molar-refractivity contribution in [2.24, 2.45) is 0 Å². The van der Waals surface area contributed by atoms with Gasteiger partial charge in [-0.1, -0.05) is 61.8 Å². The molecule has 3 aromatic carbocycles. The van der Waals surface area contributed by atoms with Crippen LogP contribution in [0.1, 0.15) is 39.2 Å². The molecule has 8 nitrogen and oxygen atoms in total. The molecule has 2 amide bonds. The molecule has 10 heteroatoms. The molecule has 3 rings (SSSR count). The van der Waals surface area contributed by atoms with Gasteiger partial charge in [0.2, 0.25) is 11.8 Å². The molecule has 214 valence electrons. The monoisotopic (exact) mass is 585 g/mol. The van der Waals surface area contributed by atoms with Gasteiger partial charge in [-0.3, -0.25) is 13.9 Å². The summed E-state index contributed by atoms with van der Waals surface area (Å²) in [6, 6.07) is 20.5. The smallest absolute Gasteiger partial charge is 0.264 e. The molecule has 0 fully saturated rings. The predicted molar refractivity (Wildman–Crippen MR) is 158 cm³/mol. The Hall–Kier alpha value is -3.56. The van der Waals surface area contributed by atoms with E-state index in [-0.39, 0.29) is 29.1 Å². The van der Waals surface area contributed by atoms with E-state index in [4.69, 9.17) is 16.3 Å². The second kappa shape index (κ2) is 14.2. The number of sulfonamides is 1. The lowest BCUT2D eigenvalue weighted by Crippen LogP contribution is -2.53. The summed E-state index contributed by atoms with van der Waals surface area (Å²) >= 11 is 6.43. The van der Waals surface area contributed by atoms with Crippen molar-refractivity contribution in [3.63, 3.8) is 0 Å². The van der Waals surface area contributed by atoms with Crippen LogP contribution < -0.4 is 14.4 Å². The first-order valence-electron chi connectivity index (χ1n) is 13.2. The maximum Gasteiger partial charge on any atom is 0.264 e. The van der Waals surface area contributed by atoms with Crippen LogP contribution >= 0.6 is 11.6 Å². The summed E-state index contributed by atoms with van der Waals surface area (Å²) in [4.78, 5) is 28.9. The number of carbonyl (C=O) groups is 2. The van der Waals surface area contributed by atoms with Crippen molar-refractivity contribution in [1.29, 1.82) is 0 Å². The summed E-state index contributed by atoms with van der Waals surface area (Å²) in [5.41, 5.74) is 0.932. The van der Waals surface area contributed by atoms with Gasteiger partial charge in [-0.2, -0.15) is 0 Å². The van der Waals surface area contributed by atoms with E-state index < -0.39 is 28.5 Å². The van der Waals surface area contributed by atoms with Gasteiger partial charge in [0.1, 0.15) is 18.3 Å². The number of nitrogens with zero attached hydrogens (tertiary/aromatic N) is 2. The molecule has 0 aliphatic heterocycles. The highest BCUT2D eigenvalue weighted by Gasteiger charge is 2.34. The fraction of sp³-hybridized carbons (Fsp3) is 0.333. The van der Waals surface area contributed by atoms with E-state index in [2.05, 4.69) is 5.32 Å². The average Bonchev–Trinajstić information content (AvgIpc) is 2.97. The van der Waals surface area contributed by atoms with E-state index in [0.717, 1.165) is 10.7 Å². The number of nitrogens with one attached hydrogen (secondary N) is 1. The molecule has 0 radical (unpaired) electrons. The van der Waals surface area contributed by atoms with Crippen molar-refractivity contribution < 1.29 is 22.7 Å². The normalized spacial score (nSPS) is 12.7. The van der Waals surface area contributed by atoms with Crippen molar-refractivity contribution in [3.8, 4) is 5.75 Å². The Balaban J connectivity index is 2.06. The van der Waals surface area contributed by atoms with E-state index in [9.17, 15) is 18.0 Å². The molecule has 0 aliphatic rings. The van der Waals surface area contributed by atoms with Crippen LogP contribution in [0.3, 0.4) is 0 Å². The topological polar surface area (TPSA) is 96.0 Å². The number of methoxy groups -OCH3 is 1. The molecule has 0 heterocycles. The van der Waals surface area contributed by atoms with E-state index in [1.807, 2.05) is 20.8 Å². The maximum absolute atomic E-state index is 14.1. The predicted octanol–water partition coefficient (Wildman–Crippen LogP) is 5.27. The molecule has 0 saturated heterocycles. The molecule has 3 aromatic rings. The summed E-state index contributed by atoms with van der Waals surface area (Å²) in [5.74, 6) is -0.305. The van der Waals surface area contributed by atoms with Gasteiger partial charge >= 0.3 is 0 Å². The fourth-order valence-electron chi connectivity index (χ4n) is 4.17. The number of hydrogen-bond donors (Lipinski definition) is 1. The maximum atomic E-state index is 14.1. The standard InChI is InChI=1S/C30H36ClN3O5S/c1-5-22(3)32-30(36)28(6-2)33(20-23-12-10-11-15-27(23)31)29(35)21-34(24-16-18-25(39-4)19-17-24)40(37,38)26-13-8-7-9-14-26/h7-19,22,28H,5-6,20-21H2,1-4H3,(H,32,36)/t22-,28+/m1/s1. The zero-order valence-corrected chi connectivity index (χ0v) is 24.8. The molecule has 40 heavy (non-hydrogen) atoms. The van der Waals surface area contributed by atoms with Crippen molar-refractivity contribution in [2.75, 3.05) is 18.0 Å². The first-order valence-corrected chi connectivity index (χ1v) is 15.0. The minimum atomic E-state index is -4.14. The summed E-state index contributed by atoms with van der Waals surface area (Å²) in [7, 11) is -2.63. The van der Waals surface area contributed by atoms with E-state index >= 15 is 0 Å². The zero-order valence-electron chi connectivity index (χ0n) is 23.2. The molecular weight excluding hydrogens is 550 g/mol. The van der Waals surface area contributed by atoms with Crippen LogP contribution in [0, 0.1) is 0 Å². The first kappa shape index (κ1) is 31.0. The molecule has 2 atom stereocenters. The van der Waals surface area contributed by atoms with Gasteiger partial charge < -0.3 is 15.0 Å². The Kier molecular flexibility index (Phi) is 11.0. The Morgan fingerprint density at radius 2 is 1.55 bits per heavy atom. The number of anilines is 1. The number of amides is 2. The third-order valence-corrected chi connectivity index (χ3v) is 8.81. The van der Waals surface area contributed by atoms with Gasteiger partial charge in [-0.05, 0) is 67.8 Å². The number of rotatable bonds is 13. The van der Waals surface area contributed by atoms with Gasteiger partial charge in [-0.25, -0.2) is 8.42 Å². The summed E-state index contributed by atoms with van der Waals surface area (Å²) in [6.07, 6.45) is 1.05. The molecular formula is C30H36ClN3O5S. The van der Waals surface area contributed by atoms with Crippen molar-refractivity contribution in [1.82, 2.24) is 10.2 Å². The number of benzene rings is 3. The van der Waals surface area contributed by atoms with Gasteiger partial charge in [-0.15, -0.1) is 0 Å². The fourth-order valence-corrected chi connectivity index (χ4v) is 5.80. The number of halogens is 1. The minimum Gasteiger partial charge on any atom is -0.497 e. The van der Waals surface area contributed by atoms with Gasteiger partial charge in [0.05, 0.1) is 17.7 Å². The molecule has 0 aliphatic carbocycles. The van der Waals surface area contributed by atoms with E-state index in [1.54, 1.807) is 66.7 Å². The van der Waals surface area contributed by atoms with Crippen molar-refractivity contribution >= 4 is 39.1 Å². The largest absolute Gasteiger partial charge is 0.497 e. The third kappa shape index (κ3) is 7.55.